The monoisotopic (exact) mass is 392 g/mol. The second-order valence-electron chi connectivity index (χ2n) is 7.89. The topological polar surface area (TPSA) is 75.7 Å². The van der Waals surface area contributed by atoms with Crippen LogP contribution in [-0.4, -0.2) is 43.9 Å². The summed E-state index contributed by atoms with van der Waals surface area (Å²) in [6.07, 6.45) is 8.25. The van der Waals surface area contributed by atoms with E-state index in [-0.39, 0.29) is 11.9 Å². The highest BCUT2D eigenvalue weighted by Crippen LogP contribution is 2.32. The minimum absolute atomic E-state index is 0.0879. The fourth-order valence-corrected chi connectivity index (χ4v) is 5.90. The molecule has 1 amide bonds. The first kappa shape index (κ1) is 18.7. The Hall–Kier alpha value is -1.60. The van der Waals surface area contributed by atoms with Crippen LogP contribution in [0.5, 0.6) is 5.75 Å². The van der Waals surface area contributed by atoms with Gasteiger partial charge in [0.2, 0.25) is 10.0 Å². The Kier molecular flexibility index (Phi) is 5.41. The molecule has 3 aliphatic rings. The van der Waals surface area contributed by atoms with Crippen molar-refractivity contribution in [2.75, 3.05) is 13.1 Å². The van der Waals surface area contributed by atoms with E-state index < -0.39 is 16.1 Å². The van der Waals surface area contributed by atoms with Crippen molar-refractivity contribution in [1.29, 1.82) is 0 Å². The Morgan fingerprint density at radius 1 is 1.04 bits per heavy atom. The first-order valence-electron chi connectivity index (χ1n) is 10.1. The first-order valence-corrected chi connectivity index (χ1v) is 11.6. The Morgan fingerprint density at radius 2 is 1.74 bits per heavy atom. The van der Waals surface area contributed by atoms with Gasteiger partial charge in [0.1, 0.15) is 5.75 Å². The molecular formula is C20H28N2O4S. The normalized spacial score (nSPS) is 24.2. The average Bonchev–Trinajstić information content (AvgIpc) is 3.23. The van der Waals surface area contributed by atoms with Gasteiger partial charge in [-0.2, -0.15) is 4.31 Å². The fraction of sp³-hybridized carbons (Fsp3) is 0.650. The molecule has 2 aliphatic heterocycles. The lowest BCUT2D eigenvalue weighted by atomic mass is 10.1. The third kappa shape index (κ3) is 3.99. The second-order valence-corrected chi connectivity index (χ2v) is 9.83. The van der Waals surface area contributed by atoms with Crippen molar-refractivity contribution in [2.24, 2.45) is 0 Å². The SMILES string of the molecule is O=C(NC1CCCC1)C1Cc2cc(S(=O)(=O)N3CCCCCC3)ccc2O1. The van der Waals surface area contributed by atoms with Gasteiger partial charge in [0.25, 0.3) is 5.91 Å². The number of amides is 1. The number of ether oxygens (including phenoxy) is 1. The number of carbonyl (C=O) groups excluding carboxylic acids is 1. The van der Waals surface area contributed by atoms with E-state index in [0.717, 1.165) is 56.9 Å². The zero-order valence-corrected chi connectivity index (χ0v) is 16.5. The van der Waals surface area contributed by atoms with Gasteiger partial charge in [-0.3, -0.25) is 4.79 Å². The lowest BCUT2D eigenvalue weighted by Crippen LogP contribution is -2.42. The van der Waals surface area contributed by atoms with E-state index in [9.17, 15) is 13.2 Å². The molecule has 1 saturated heterocycles. The maximum atomic E-state index is 13.0. The van der Waals surface area contributed by atoms with Crippen LogP contribution in [0, 0.1) is 0 Å². The zero-order valence-electron chi connectivity index (χ0n) is 15.7. The van der Waals surface area contributed by atoms with Crippen molar-refractivity contribution in [3.63, 3.8) is 0 Å². The van der Waals surface area contributed by atoms with Gasteiger partial charge in [-0.15, -0.1) is 0 Å². The summed E-state index contributed by atoms with van der Waals surface area (Å²) < 4.78 is 33.4. The predicted molar refractivity (Wildman–Crippen MR) is 102 cm³/mol. The van der Waals surface area contributed by atoms with Gasteiger partial charge in [-0.05, 0) is 49.4 Å². The lowest BCUT2D eigenvalue weighted by Gasteiger charge is -2.20. The number of sulfonamides is 1. The van der Waals surface area contributed by atoms with Gasteiger partial charge in [0.15, 0.2) is 6.10 Å². The summed E-state index contributed by atoms with van der Waals surface area (Å²) in [5.41, 5.74) is 0.803. The minimum atomic E-state index is -3.49. The molecule has 0 spiro atoms. The van der Waals surface area contributed by atoms with E-state index in [2.05, 4.69) is 5.32 Å². The molecule has 7 heteroatoms. The van der Waals surface area contributed by atoms with E-state index in [1.165, 1.54) is 0 Å². The van der Waals surface area contributed by atoms with E-state index >= 15 is 0 Å². The zero-order chi connectivity index (χ0) is 18.9. The molecule has 0 bridgehead atoms. The maximum absolute atomic E-state index is 13.0. The Morgan fingerprint density at radius 3 is 2.44 bits per heavy atom. The molecule has 148 valence electrons. The van der Waals surface area contributed by atoms with Gasteiger partial charge < -0.3 is 10.1 Å². The van der Waals surface area contributed by atoms with Gasteiger partial charge in [-0.1, -0.05) is 25.7 Å². The number of nitrogens with one attached hydrogen (secondary N) is 1. The van der Waals surface area contributed by atoms with Crippen molar-refractivity contribution in [2.45, 2.75) is 74.8 Å². The highest BCUT2D eigenvalue weighted by molar-refractivity contribution is 7.89. The molecule has 27 heavy (non-hydrogen) atoms. The van der Waals surface area contributed by atoms with Crippen LogP contribution in [0.25, 0.3) is 0 Å². The van der Waals surface area contributed by atoms with Gasteiger partial charge in [0, 0.05) is 25.6 Å². The average molecular weight is 393 g/mol. The third-order valence-electron chi connectivity index (χ3n) is 5.90. The third-order valence-corrected chi connectivity index (χ3v) is 7.80. The Labute approximate surface area is 161 Å². The predicted octanol–water partition coefficient (Wildman–Crippen LogP) is 2.61. The van der Waals surface area contributed by atoms with Crippen LogP contribution < -0.4 is 10.1 Å². The maximum Gasteiger partial charge on any atom is 0.261 e. The summed E-state index contributed by atoms with van der Waals surface area (Å²) in [6.45, 7) is 1.17. The second kappa shape index (κ2) is 7.80. The number of fused-ring (bicyclic) bond motifs is 1. The van der Waals surface area contributed by atoms with Crippen LogP contribution in [0.4, 0.5) is 0 Å². The number of carbonyl (C=O) groups is 1. The van der Waals surface area contributed by atoms with Crippen molar-refractivity contribution >= 4 is 15.9 Å². The number of hydrogen-bond acceptors (Lipinski definition) is 4. The molecule has 1 saturated carbocycles. The van der Waals surface area contributed by atoms with Crippen molar-refractivity contribution in [3.05, 3.63) is 23.8 Å². The van der Waals surface area contributed by atoms with Gasteiger partial charge in [-0.25, -0.2) is 8.42 Å². The summed E-state index contributed by atoms with van der Waals surface area (Å²) in [7, 11) is -3.49. The lowest BCUT2D eigenvalue weighted by molar-refractivity contribution is -0.127. The molecule has 0 aromatic heterocycles. The largest absolute Gasteiger partial charge is 0.480 e. The van der Waals surface area contributed by atoms with E-state index in [4.69, 9.17) is 4.74 Å². The standard InChI is InChI=1S/C20H28N2O4S/c23-20(21-16-7-3-4-8-16)19-14-15-13-17(9-10-18(15)26-19)27(24,25)22-11-5-1-2-6-12-22/h9-10,13,16,19H,1-8,11-12,14H2,(H,21,23). The highest BCUT2D eigenvalue weighted by Gasteiger charge is 2.33. The smallest absolute Gasteiger partial charge is 0.261 e. The van der Waals surface area contributed by atoms with E-state index in [0.29, 0.717) is 30.2 Å². The van der Waals surface area contributed by atoms with Crippen molar-refractivity contribution in [3.8, 4) is 5.75 Å². The number of benzene rings is 1. The Bertz CT molecular complexity index is 794. The van der Waals surface area contributed by atoms with Gasteiger partial charge in [0.05, 0.1) is 4.90 Å². The summed E-state index contributed by atoms with van der Waals surface area (Å²) in [4.78, 5) is 12.8. The van der Waals surface area contributed by atoms with Crippen LogP contribution in [0.1, 0.15) is 56.9 Å². The molecule has 4 rings (SSSR count). The van der Waals surface area contributed by atoms with Crippen molar-refractivity contribution in [1.82, 2.24) is 9.62 Å². The molecule has 6 nitrogen and oxygen atoms in total. The highest BCUT2D eigenvalue weighted by atomic mass is 32.2. The molecule has 1 N–H and O–H groups in total. The van der Waals surface area contributed by atoms with Crippen LogP contribution >= 0.6 is 0 Å². The minimum Gasteiger partial charge on any atom is -0.480 e. The van der Waals surface area contributed by atoms with E-state index in [1.807, 2.05) is 0 Å². The van der Waals surface area contributed by atoms with Crippen LogP contribution in [0.2, 0.25) is 0 Å². The van der Waals surface area contributed by atoms with Crippen LogP contribution in [0.15, 0.2) is 23.1 Å². The molecule has 0 radical (unpaired) electrons. The molecule has 1 atom stereocenters. The fourth-order valence-electron chi connectivity index (χ4n) is 4.33. The van der Waals surface area contributed by atoms with Crippen molar-refractivity contribution < 1.29 is 17.9 Å². The molecule has 1 aromatic carbocycles. The number of rotatable bonds is 4. The number of hydrogen-bond donors (Lipinski definition) is 1. The van der Waals surface area contributed by atoms with Crippen LogP contribution in [0.3, 0.4) is 0 Å². The summed E-state index contributed by atoms with van der Waals surface area (Å²) in [5, 5.41) is 3.07. The molecule has 1 unspecified atom stereocenters. The molecule has 2 fully saturated rings. The Balaban J connectivity index is 1.46. The molecular weight excluding hydrogens is 364 g/mol. The summed E-state index contributed by atoms with van der Waals surface area (Å²) in [6, 6.07) is 5.25. The molecule has 2 heterocycles. The molecule has 1 aliphatic carbocycles. The summed E-state index contributed by atoms with van der Waals surface area (Å²) >= 11 is 0. The first-order chi connectivity index (χ1) is 13.0. The quantitative estimate of drug-likeness (QED) is 0.855. The molecule has 1 aromatic rings. The number of nitrogens with zero attached hydrogens (tertiary/aromatic N) is 1. The van der Waals surface area contributed by atoms with Gasteiger partial charge >= 0.3 is 0 Å². The van der Waals surface area contributed by atoms with Crippen LogP contribution in [-0.2, 0) is 21.2 Å². The summed E-state index contributed by atoms with van der Waals surface area (Å²) in [5.74, 6) is 0.534. The van der Waals surface area contributed by atoms with E-state index in [1.54, 1.807) is 22.5 Å².